The Labute approximate surface area is 139 Å². The number of aliphatic hydroxyl groups excluding tert-OH is 2. The van der Waals surface area contributed by atoms with E-state index in [-0.39, 0.29) is 18.6 Å². The maximum Gasteiger partial charge on any atom is 0.410 e. The highest BCUT2D eigenvalue weighted by Gasteiger charge is 2.33. The summed E-state index contributed by atoms with van der Waals surface area (Å²) < 4.78 is 10.8. The van der Waals surface area contributed by atoms with E-state index < -0.39 is 17.8 Å². The lowest BCUT2D eigenvalue weighted by Gasteiger charge is -2.37. The Morgan fingerprint density at radius 3 is 2.70 bits per heavy atom. The molecule has 136 valence electrons. The third-order valence-corrected chi connectivity index (χ3v) is 3.87. The van der Waals surface area contributed by atoms with E-state index in [9.17, 15) is 15.0 Å². The molecule has 0 radical (unpaired) electrons. The second-order valence-corrected chi connectivity index (χ2v) is 7.36. The highest BCUT2D eigenvalue weighted by atomic mass is 16.6. The van der Waals surface area contributed by atoms with Crippen molar-refractivity contribution >= 4 is 6.09 Å². The molecule has 1 aliphatic rings. The van der Waals surface area contributed by atoms with E-state index >= 15 is 0 Å². The fraction of sp³-hybridized carbons (Fsp3) is 0.941. The smallest absolute Gasteiger partial charge is 0.410 e. The number of carbonyl (C=O) groups excluding carboxylic acids is 1. The molecule has 3 unspecified atom stereocenters. The molecule has 6 nitrogen and oxygen atoms in total. The van der Waals surface area contributed by atoms with Crippen molar-refractivity contribution in [2.24, 2.45) is 5.92 Å². The first kappa shape index (κ1) is 20.2. The van der Waals surface area contributed by atoms with Gasteiger partial charge in [-0.1, -0.05) is 13.3 Å². The van der Waals surface area contributed by atoms with Crippen molar-refractivity contribution in [3.8, 4) is 0 Å². The largest absolute Gasteiger partial charge is 0.444 e. The van der Waals surface area contributed by atoms with Gasteiger partial charge in [-0.2, -0.15) is 0 Å². The van der Waals surface area contributed by atoms with Crippen molar-refractivity contribution in [3.05, 3.63) is 0 Å². The number of hydrogen-bond acceptors (Lipinski definition) is 5. The number of carbonyl (C=O) groups is 1. The van der Waals surface area contributed by atoms with Crippen LogP contribution in [0, 0.1) is 5.92 Å². The van der Waals surface area contributed by atoms with Crippen LogP contribution in [0.15, 0.2) is 0 Å². The van der Waals surface area contributed by atoms with Crippen LogP contribution in [0.5, 0.6) is 0 Å². The fourth-order valence-corrected chi connectivity index (χ4v) is 2.63. The van der Waals surface area contributed by atoms with Gasteiger partial charge in [0.15, 0.2) is 0 Å². The summed E-state index contributed by atoms with van der Waals surface area (Å²) in [6.45, 7) is 9.39. The predicted molar refractivity (Wildman–Crippen MR) is 88.3 cm³/mol. The molecule has 1 saturated heterocycles. The minimum Gasteiger partial charge on any atom is -0.444 e. The molecule has 0 spiro atoms. The molecule has 23 heavy (non-hydrogen) atoms. The summed E-state index contributed by atoms with van der Waals surface area (Å²) >= 11 is 0. The van der Waals surface area contributed by atoms with Gasteiger partial charge < -0.3 is 24.6 Å². The quantitative estimate of drug-likeness (QED) is 0.699. The maximum atomic E-state index is 12.1. The van der Waals surface area contributed by atoms with Crippen molar-refractivity contribution < 1.29 is 24.5 Å². The first-order valence-corrected chi connectivity index (χ1v) is 8.64. The van der Waals surface area contributed by atoms with Gasteiger partial charge in [-0.15, -0.1) is 0 Å². The highest BCUT2D eigenvalue weighted by Crippen LogP contribution is 2.23. The fourth-order valence-electron chi connectivity index (χ4n) is 2.63. The second kappa shape index (κ2) is 9.45. The van der Waals surface area contributed by atoms with Crippen molar-refractivity contribution in [2.45, 2.75) is 71.2 Å². The number of amides is 1. The Balaban J connectivity index is 2.43. The van der Waals surface area contributed by atoms with Crippen LogP contribution in [0.3, 0.4) is 0 Å². The molecule has 0 aliphatic carbocycles. The number of unbranched alkanes of at least 4 members (excludes halogenated alkanes) is 1. The molecule has 1 heterocycles. The van der Waals surface area contributed by atoms with Crippen molar-refractivity contribution in [1.29, 1.82) is 0 Å². The van der Waals surface area contributed by atoms with Gasteiger partial charge in [-0.25, -0.2) is 4.79 Å². The van der Waals surface area contributed by atoms with Crippen molar-refractivity contribution in [3.63, 3.8) is 0 Å². The monoisotopic (exact) mass is 331 g/mol. The normalized spacial score (nSPS) is 23.7. The Kier molecular flexibility index (Phi) is 8.29. The van der Waals surface area contributed by atoms with Crippen LogP contribution in [0.4, 0.5) is 4.79 Å². The van der Waals surface area contributed by atoms with Gasteiger partial charge >= 0.3 is 6.09 Å². The Morgan fingerprint density at radius 1 is 1.39 bits per heavy atom. The van der Waals surface area contributed by atoms with Gasteiger partial charge in [0.25, 0.3) is 0 Å². The molecule has 1 fully saturated rings. The average Bonchev–Trinajstić information content (AvgIpc) is 2.44. The van der Waals surface area contributed by atoms with E-state index in [0.717, 1.165) is 12.8 Å². The molecule has 0 aromatic heterocycles. The summed E-state index contributed by atoms with van der Waals surface area (Å²) in [5, 5.41) is 20.2. The zero-order chi connectivity index (χ0) is 17.5. The predicted octanol–water partition coefficient (Wildman–Crippen LogP) is 2.17. The standard InChI is InChI=1S/C17H33NO5/c1-5-6-9-22-12-14(19)10-13-11-18(8-7-15(13)20)16(21)23-17(2,3)4/h13-15,19-20H,5-12H2,1-4H3. The molecule has 0 aromatic rings. The third-order valence-electron chi connectivity index (χ3n) is 3.87. The number of hydrogen-bond donors (Lipinski definition) is 2. The van der Waals surface area contributed by atoms with Crippen LogP contribution in [0.25, 0.3) is 0 Å². The molecule has 1 aliphatic heterocycles. The SMILES string of the molecule is CCCCOCC(O)CC1CN(C(=O)OC(C)(C)C)CCC1O. The molecule has 1 rings (SSSR count). The lowest BCUT2D eigenvalue weighted by molar-refractivity contribution is -0.0323. The topological polar surface area (TPSA) is 79.2 Å². The van der Waals surface area contributed by atoms with E-state index in [1.54, 1.807) is 4.90 Å². The highest BCUT2D eigenvalue weighted by molar-refractivity contribution is 5.68. The van der Waals surface area contributed by atoms with Gasteiger partial charge in [-0.05, 0) is 40.0 Å². The lowest BCUT2D eigenvalue weighted by atomic mass is 9.90. The van der Waals surface area contributed by atoms with Crippen LogP contribution in [-0.4, -0.2) is 65.3 Å². The van der Waals surface area contributed by atoms with Crippen LogP contribution in [-0.2, 0) is 9.47 Å². The van der Waals surface area contributed by atoms with Crippen LogP contribution in [0.1, 0.15) is 53.4 Å². The lowest BCUT2D eigenvalue weighted by Crippen LogP contribution is -2.48. The van der Waals surface area contributed by atoms with Gasteiger partial charge in [0.2, 0.25) is 0 Å². The van der Waals surface area contributed by atoms with Crippen LogP contribution in [0.2, 0.25) is 0 Å². The van der Waals surface area contributed by atoms with E-state index in [1.165, 1.54) is 0 Å². The Hall–Kier alpha value is -0.850. The van der Waals surface area contributed by atoms with Gasteiger partial charge in [0.05, 0.1) is 18.8 Å². The first-order valence-electron chi connectivity index (χ1n) is 8.64. The summed E-state index contributed by atoms with van der Waals surface area (Å²) in [5.74, 6) is -0.152. The van der Waals surface area contributed by atoms with Gasteiger partial charge in [0, 0.05) is 25.6 Å². The molecule has 1 amide bonds. The molecule has 0 saturated carbocycles. The number of aliphatic hydroxyl groups is 2. The van der Waals surface area contributed by atoms with E-state index in [0.29, 0.717) is 32.5 Å². The minimum absolute atomic E-state index is 0.152. The van der Waals surface area contributed by atoms with Crippen LogP contribution < -0.4 is 0 Å². The molecular formula is C17H33NO5. The summed E-state index contributed by atoms with van der Waals surface area (Å²) in [7, 11) is 0. The van der Waals surface area contributed by atoms with E-state index in [2.05, 4.69) is 6.92 Å². The van der Waals surface area contributed by atoms with E-state index in [4.69, 9.17) is 9.47 Å². The minimum atomic E-state index is -0.620. The zero-order valence-electron chi connectivity index (χ0n) is 15.0. The molecule has 6 heteroatoms. The summed E-state index contributed by atoms with van der Waals surface area (Å²) in [6, 6.07) is 0. The molecule has 0 bridgehead atoms. The molecular weight excluding hydrogens is 298 g/mol. The maximum absolute atomic E-state index is 12.1. The van der Waals surface area contributed by atoms with Crippen molar-refractivity contribution in [1.82, 2.24) is 4.90 Å². The van der Waals surface area contributed by atoms with Crippen LogP contribution >= 0.6 is 0 Å². The zero-order valence-corrected chi connectivity index (χ0v) is 15.0. The second-order valence-electron chi connectivity index (χ2n) is 7.36. The van der Waals surface area contributed by atoms with Gasteiger partial charge in [0.1, 0.15) is 5.60 Å². The van der Waals surface area contributed by atoms with Crippen molar-refractivity contribution in [2.75, 3.05) is 26.3 Å². The summed E-state index contributed by atoms with van der Waals surface area (Å²) in [5.41, 5.74) is -0.532. The molecule has 0 aromatic carbocycles. The summed E-state index contributed by atoms with van der Waals surface area (Å²) in [6.07, 6.45) is 1.49. The number of piperidine rings is 1. The number of ether oxygens (including phenoxy) is 2. The van der Waals surface area contributed by atoms with Gasteiger partial charge in [-0.3, -0.25) is 0 Å². The number of rotatable bonds is 7. The van der Waals surface area contributed by atoms with E-state index in [1.807, 2.05) is 20.8 Å². The number of likely N-dealkylation sites (tertiary alicyclic amines) is 1. The first-order chi connectivity index (χ1) is 10.7. The Morgan fingerprint density at radius 2 is 2.09 bits per heavy atom. The average molecular weight is 331 g/mol. The molecule has 2 N–H and O–H groups in total. The number of nitrogens with zero attached hydrogens (tertiary/aromatic N) is 1. The Bertz CT molecular complexity index is 355. The molecule has 3 atom stereocenters. The summed E-state index contributed by atoms with van der Waals surface area (Å²) in [4.78, 5) is 13.7. The third kappa shape index (κ3) is 7.99.